The van der Waals surface area contributed by atoms with Gasteiger partial charge >= 0.3 is 0 Å². The van der Waals surface area contributed by atoms with Crippen molar-refractivity contribution in [2.75, 3.05) is 56.2 Å². The predicted molar refractivity (Wildman–Crippen MR) is 142 cm³/mol. The van der Waals surface area contributed by atoms with E-state index < -0.39 is 5.82 Å². The van der Waals surface area contributed by atoms with Crippen LogP contribution in [-0.4, -0.2) is 77.5 Å². The molecule has 0 bridgehead atoms. The first kappa shape index (κ1) is 23.5. The van der Waals surface area contributed by atoms with E-state index in [0.717, 1.165) is 74.5 Å². The summed E-state index contributed by atoms with van der Waals surface area (Å²) in [7, 11) is 1.65. The number of phenolic OH excluding ortho intramolecular Hbond substituents is 1. The molecule has 4 heterocycles. The van der Waals surface area contributed by atoms with E-state index in [1.165, 1.54) is 12.3 Å². The van der Waals surface area contributed by atoms with E-state index in [0.29, 0.717) is 22.6 Å². The molecule has 2 aromatic heterocycles. The number of ether oxygens (including phenoxy) is 1. The van der Waals surface area contributed by atoms with Crippen LogP contribution >= 0.6 is 0 Å². The summed E-state index contributed by atoms with van der Waals surface area (Å²) < 4.78 is 19.9. The van der Waals surface area contributed by atoms with Crippen LogP contribution in [0.3, 0.4) is 0 Å². The Labute approximate surface area is 214 Å². The maximum absolute atomic E-state index is 14.3. The number of nitrogens with zero attached hydrogens (tertiary/aromatic N) is 5. The number of hydrogen-bond acceptors (Lipinski definition) is 8. The molecule has 0 amide bonds. The lowest BCUT2D eigenvalue weighted by Gasteiger charge is -2.44. The number of piperidine rings is 1. The number of phenols is 1. The minimum Gasteiger partial charge on any atom is -0.506 e. The molecule has 0 saturated carbocycles. The van der Waals surface area contributed by atoms with Crippen LogP contribution in [0.2, 0.25) is 0 Å². The van der Waals surface area contributed by atoms with Gasteiger partial charge in [0.05, 0.1) is 24.5 Å². The van der Waals surface area contributed by atoms with Crippen molar-refractivity contribution in [2.24, 2.45) is 0 Å². The van der Waals surface area contributed by atoms with Crippen LogP contribution in [0.15, 0.2) is 48.8 Å². The molecule has 4 aromatic rings. The van der Waals surface area contributed by atoms with Crippen molar-refractivity contribution in [3.8, 4) is 17.2 Å². The van der Waals surface area contributed by atoms with Crippen LogP contribution in [0.25, 0.3) is 21.8 Å². The minimum absolute atomic E-state index is 0.0526. The van der Waals surface area contributed by atoms with Crippen molar-refractivity contribution < 1.29 is 19.3 Å². The molecule has 6 rings (SSSR count). The minimum atomic E-state index is -0.451. The fourth-order valence-corrected chi connectivity index (χ4v) is 5.82. The number of rotatable bonds is 4. The molecule has 2 aliphatic rings. The third-order valence-corrected chi connectivity index (χ3v) is 7.71. The molecule has 8 nitrogen and oxygen atoms in total. The normalized spacial score (nSPS) is 17.6. The number of methoxy groups -OCH3 is 1. The highest BCUT2D eigenvalue weighted by Gasteiger charge is 2.30. The Bertz CT molecular complexity index is 1450. The smallest absolute Gasteiger partial charge is 0.144 e. The molecule has 0 aliphatic carbocycles. The number of benzene rings is 2. The first-order valence-electron chi connectivity index (χ1n) is 12.7. The van der Waals surface area contributed by atoms with Gasteiger partial charge in [-0.25, -0.2) is 4.39 Å². The number of halogens is 1. The highest BCUT2D eigenvalue weighted by molar-refractivity contribution is 5.95. The lowest BCUT2D eigenvalue weighted by molar-refractivity contribution is 0.160. The molecule has 2 saturated heterocycles. The summed E-state index contributed by atoms with van der Waals surface area (Å²) in [5.74, 6) is 0.382. The first-order valence-corrected chi connectivity index (χ1v) is 12.7. The number of fused-ring (bicyclic) bond motifs is 2. The van der Waals surface area contributed by atoms with E-state index in [-0.39, 0.29) is 11.5 Å². The molecule has 0 atom stereocenters. The van der Waals surface area contributed by atoms with Crippen LogP contribution in [0.5, 0.6) is 17.2 Å². The Balaban J connectivity index is 1.14. The van der Waals surface area contributed by atoms with Crippen molar-refractivity contribution in [2.45, 2.75) is 18.9 Å². The highest BCUT2D eigenvalue weighted by atomic mass is 19.1. The van der Waals surface area contributed by atoms with Crippen LogP contribution in [0, 0.1) is 5.82 Å². The topological polar surface area (TPSA) is 85.2 Å². The summed E-state index contributed by atoms with van der Waals surface area (Å²) in [6.45, 7) is 5.19. The van der Waals surface area contributed by atoms with Gasteiger partial charge in [0.25, 0.3) is 0 Å². The van der Waals surface area contributed by atoms with Crippen LogP contribution in [0.4, 0.5) is 15.8 Å². The van der Waals surface area contributed by atoms with Crippen LogP contribution in [0.1, 0.15) is 12.8 Å². The zero-order chi connectivity index (χ0) is 25.5. The van der Waals surface area contributed by atoms with Gasteiger partial charge in [0.15, 0.2) is 0 Å². The Morgan fingerprint density at radius 2 is 1.70 bits per heavy atom. The Morgan fingerprint density at radius 3 is 2.46 bits per heavy atom. The Kier molecular flexibility index (Phi) is 6.08. The van der Waals surface area contributed by atoms with Crippen molar-refractivity contribution in [1.29, 1.82) is 0 Å². The average Bonchev–Trinajstić information content (AvgIpc) is 2.93. The van der Waals surface area contributed by atoms with Gasteiger partial charge in [-0.2, -0.15) is 0 Å². The lowest BCUT2D eigenvalue weighted by Crippen LogP contribution is -2.53. The first-order chi connectivity index (χ1) is 18.0. The van der Waals surface area contributed by atoms with Gasteiger partial charge in [0.1, 0.15) is 34.3 Å². The van der Waals surface area contributed by atoms with E-state index in [2.05, 4.69) is 24.7 Å². The van der Waals surface area contributed by atoms with E-state index in [1.54, 1.807) is 31.5 Å². The average molecular weight is 504 g/mol. The Hall–Kier alpha value is -3.85. The molecule has 2 N–H and O–H groups in total. The molecule has 2 fully saturated rings. The number of aromatic hydroxyl groups is 2. The molecule has 37 heavy (non-hydrogen) atoms. The van der Waals surface area contributed by atoms with Gasteiger partial charge in [-0.1, -0.05) is 0 Å². The molecule has 2 aromatic carbocycles. The summed E-state index contributed by atoms with van der Waals surface area (Å²) in [5, 5.41) is 21.7. The summed E-state index contributed by atoms with van der Waals surface area (Å²) in [6.07, 6.45) is 5.06. The van der Waals surface area contributed by atoms with E-state index >= 15 is 0 Å². The van der Waals surface area contributed by atoms with Crippen molar-refractivity contribution in [1.82, 2.24) is 14.9 Å². The summed E-state index contributed by atoms with van der Waals surface area (Å²) >= 11 is 0. The highest BCUT2D eigenvalue weighted by Crippen LogP contribution is 2.38. The van der Waals surface area contributed by atoms with Gasteiger partial charge < -0.3 is 24.7 Å². The zero-order valence-electron chi connectivity index (χ0n) is 20.8. The molecule has 0 unspecified atom stereocenters. The van der Waals surface area contributed by atoms with Gasteiger partial charge in [-0.3, -0.25) is 14.9 Å². The Morgan fingerprint density at radius 1 is 0.919 bits per heavy atom. The summed E-state index contributed by atoms with van der Waals surface area (Å²) in [4.78, 5) is 15.9. The second kappa shape index (κ2) is 9.55. The summed E-state index contributed by atoms with van der Waals surface area (Å²) in [5.41, 5.74) is 3.03. The number of piperazine rings is 1. The molecule has 2 aliphatic heterocycles. The second-order valence-electron chi connectivity index (χ2n) is 9.78. The van der Waals surface area contributed by atoms with Gasteiger partial charge in [-0.05, 0) is 37.1 Å². The molecule has 0 spiro atoms. The predicted octanol–water partition coefficient (Wildman–Crippen LogP) is 4.13. The van der Waals surface area contributed by atoms with E-state index in [4.69, 9.17) is 4.74 Å². The fraction of sp³-hybridized carbons (Fsp3) is 0.357. The zero-order valence-corrected chi connectivity index (χ0v) is 20.8. The second-order valence-corrected chi connectivity index (χ2v) is 9.78. The maximum atomic E-state index is 14.3. The third-order valence-electron chi connectivity index (χ3n) is 7.71. The number of aromatic nitrogens is 2. The summed E-state index contributed by atoms with van der Waals surface area (Å²) in [6, 6.07) is 10.7. The quantitative estimate of drug-likeness (QED) is 0.430. The lowest BCUT2D eigenvalue weighted by atomic mass is 10.0. The van der Waals surface area contributed by atoms with Gasteiger partial charge in [-0.15, -0.1) is 0 Å². The monoisotopic (exact) mass is 503 g/mol. The molecule has 192 valence electrons. The standard InChI is InChI=1S/C28H30FN5O3/c1-37-21-14-18-13-20(35)17-31-26(18)24(15-21)33-11-9-32(10-12-33)19-4-7-34(8-5-19)28-25(36)16-23(29)22-3-2-6-30-27(22)28/h2-3,6,13-17,19,35-36H,4-5,7-12H2,1H3. The van der Waals surface area contributed by atoms with Crippen molar-refractivity contribution in [3.05, 3.63) is 54.6 Å². The number of hydrogen-bond donors (Lipinski definition) is 2. The van der Waals surface area contributed by atoms with Crippen LogP contribution < -0.4 is 14.5 Å². The van der Waals surface area contributed by atoms with Crippen molar-refractivity contribution in [3.63, 3.8) is 0 Å². The molecule has 0 radical (unpaired) electrons. The van der Waals surface area contributed by atoms with E-state index in [1.807, 2.05) is 12.1 Å². The van der Waals surface area contributed by atoms with E-state index in [9.17, 15) is 14.6 Å². The van der Waals surface area contributed by atoms with Crippen LogP contribution in [-0.2, 0) is 0 Å². The number of anilines is 2. The third kappa shape index (κ3) is 4.33. The number of pyridine rings is 2. The molecule has 9 heteroatoms. The van der Waals surface area contributed by atoms with Gasteiger partial charge in [0, 0.05) is 74.4 Å². The molecular formula is C28H30FN5O3. The largest absolute Gasteiger partial charge is 0.506 e. The maximum Gasteiger partial charge on any atom is 0.144 e. The fourth-order valence-electron chi connectivity index (χ4n) is 5.82. The van der Waals surface area contributed by atoms with Gasteiger partial charge in [0.2, 0.25) is 0 Å². The SMILES string of the molecule is COc1cc(N2CCN(C3CCN(c4c(O)cc(F)c5cccnc45)CC3)CC2)c2ncc(O)cc2c1. The molecular weight excluding hydrogens is 473 g/mol. The van der Waals surface area contributed by atoms with Crippen molar-refractivity contribution >= 4 is 33.2 Å².